The van der Waals surface area contributed by atoms with Gasteiger partial charge in [-0.05, 0) is 32.6 Å². The summed E-state index contributed by atoms with van der Waals surface area (Å²) in [5.74, 6) is -0.183. The number of thiazole rings is 1. The van der Waals surface area contributed by atoms with Crippen LogP contribution in [-0.2, 0) is 4.79 Å². The molecule has 2 unspecified atom stereocenters. The van der Waals surface area contributed by atoms with Crippen LogP contribution in [0, 0.1) is 0 Å². The molecule has 1 aromatic heterocycles. The normalized spacial score (nSPS) is 23.1. The van der Waals surface area contributed by atoms with Crippen LogP contribution in [0.25, 0.3) is 0 Å². The van der Waals surface area contributed by atoms with E-state index in [4.69, 9.17) is 5.73 Å². The molecule has 1 aliphatic heterocycles. The minimum absolute atomic E-state index is 0.0222. The molecule has 6 nitrogen and oxygen atoms in total. The number of amides is 2. The van der Waals surface area contributed by atoms with E-state index in [1.807, 2.05) is 6.92 Å². The van der Waals surface area contributed by atoms with Gasteiger partial charge in [0.15, 0.2) is 0 Å². The number of nitrogens with zero attached hydrogens (tertiary/aromatic N) is 2. The minimum Gasteiger partial charge on any atom is -0.352 e. The van der Waals surface area contributed by atoms with Crippen molar-refractivity contribution in [3.05, 3.63) is 16.1 Å². The summed E-state index contributed by atoms with van der Waals surface area (Å²) in [6.07, 6.45) is 3.69. The second kappa shape index (κ2) is 5.73. The zero-order chi connectivity index (χ0) is 15.0. The van der Waals surface area contributed by atoms with Crippen molar-refractivity contribution in [3.8, 4) is 0 Å². The summed E-state index contributed by atoms with van der Waals surface area (Å²) < 4.78 is 0. The number of likely N-dealkylation sites (tertiary alicyclic amines) is 1. The third-order valence-corrected chi connectivity index (χ3v) is 4.92. The van der Waals surface area contributed by atoms with Crippen molar-refractivity contribution in [3.63, 3.8) is 0 Å². The molecule has 2 atom stereocenters. The van der Waals surface area contributed by atoms with Crippen molar-refractivity contribution in [2.24, 2.45) is 5.73 Å². The Bertz CT molecular complexity index is 553. The van der Waals surface area contributed by atoms with Gasteiger partial charge in [0.2, 0.25) is 5.91 Å². The molecule has 0 aromatic carbocycles. The fourth-order valence-electron chi connectivity index (χ4n) is 2.55. The lowest BCUT2D eigenvalue weighted by atomic mass is 10.2. The van der Waals surface area contributed by atoms with Crippen LogP contribution in [0.15, 0.2) is 5.38 Å². The number of aromatic nitrogens is 1. The van der Waals surface area contributed by atoms with Gasteiger partial charge >= 0.3 is 0 Å². The zero-order valence-electron chi connectivity index (χ0n) is 12.0. The Hall–Kier alpha value is -1.47. The highest BCUT2D eigenvalue weighted by molar-refractivity contribution is 7.09. The molecule has 7 heteroatoms. The Balaban J connectivity index is 1.70. The smallest absolute Gasteiger partial charge is 0.274 e. The monoisotopic (exact) mass is 308 g/mol. The Morgan fingerprint density at radius 1 is 1.48 bits per heavy atom. The molecule has 1 saturated heterocycles. The summed E-state index contributed by atoms with van der Waals surface area (Å²) in [5, 5.41) is 5.46. The highest BCUT2D eigenvalue weighted by Gasteiger charge is 2.37. The van der Waals surface area contributed by atoms with Gasteiger partial charge in [-0.15, -0.1) is 11.3 Å². The first-order chi connectivity index (χ1) is 10.1. The van der Waals surface area contributed by atoms with Gasteiger partial charge in [-0.3, -0.25) is 9.59 Å². The molecule has 1 saturated carbocycles. The van der Waals surface area contributed by atoms with Crippen LogP contribution in [0.2, 0.25) is 0 Å². The lowest BCUT2D eigenvalue weighted by molar-refractivity contribution is -0.125. The number of hydrogen-bond donors (Lipinski definition) is 2. The van der Waals surface area contributed by atoms with E-state index < -0.39 is 0 Å². The zero-order valence-corrected chi connectivity index (χ0v) is 12.9. The quantitative estimate of drug-likeness (QED) is 0.870. The van der Waals surface area contributed by atoms with Crippen molar-refractivity contribution in [1.29, 1.82) is 0 Å². The maximum atomic E-state index is 12.5. The van der Waals surface area contributed by atoms with Gasteiger partial charge in [0.1, 0.15) is 16.7 Å². The van der Waals surface area contributed by atoms with Crippen LogP contribution in [0.5, 0.6) is 0 Å². The maximum absolute atomic E-state index is 12.5. The second-order valence-electron chi connectivity index (χ2n) is 5.80. The molecule has 2 heterocycles. The molecular weight excluding hydrogens is 288 g/mol. The minimum atomic E-state index is -0.349. The fraction of sp³-hybridized carbons (Fsp3) is 0.643. The van der Waals surface area contributed by atoms with Gasteiger partial charge in [-0.2, -0.15) is 0 Å². The first-order valence-corrected chi connectivity index (χ1v) is 8.26. The van der Waals surface area contributed by atoms with Crippen molar-refractivity contribution in [1.82, 2.24) is 15.2 Å². The van der Waals surface area contributed by atoms with Crippen LogP contribution >= 0.6 is 11.3 Å². The molecule has 2 aliphatic rings. The Labute approximate surface area is 127 Å². The van der Waals surface area contributed by atoms with Crippen molar-refractivity contribution in [2.45, 2.75) is 50.7 Å². The number of nitrogens with one attached hydrogen (secondary N) is 1. The molecule has 2 fully saturated rings. The molecule has 0 spiro atoms. The summed E-state index contributed by atoms with van der Waals surface area (Å²) in [6.45, 7) is 2.46. The summed E-state index contributed by atoms with van der Waals surface area (Å²) in [4.78, 5) is 30.7. The third-order valence-electron chi connectivity index (χ3n) is 3.87. The van der Waals surface area contributed by atoms with Crippen molar-refractivity contribution < 1.29 is 9.59 Å². The molecule has 0 bridgehead atoms. The Kier molecular flexibility index (Phi) is 3.95. The number of carbonyl (C=O) groups is 2. The Morgan fingerprint density at radius 2 is 2.24 bits per heavy atom. The van der Waals surface area contributed by atoms with Crippen LogP contribution in [0.1, 0.15) is 54.1 Å². The van der Waals surface area contributed by atoms with E-state index in [0.717, 1.165) is 30.7 Å². The van der Waals surface area contributed by atoms with Gasteiger partial charge in [0.05, 0.1) is 6.04 Å². The first kappa shape index (κ1) is 14.5. The SMILES string of the molecule is CC(N)c1nc(C(=O)N2CCCC2C(=O)NC2CC2)cs1. The van der Waals surface area contributed by atoms with Gasteiger partial charge in [-0.1, -0.05) is 0 Å². The summed E-state index contributed by atoms with van der Waals surface area (Å²) in [7, 11) is 0. The standard InChI is InChI=1S/C14H20N4O2S/c1-8(15)13-17-10(7-21-13)14(20)18-6-2-3-11(18)12(19)16-9-4-5-9/h7-9,11H,2-6,15H2,1H3,(H,16,19). The largest absolute Gasteiger partial charge is 0.352 e. The van der Waals surface area contributed by atoms with Crippen molar-refractivity contribution in [2.75, 3.05) is 6.54 Å². The number of rotatable bonds is 4. The van der Waals surface area contributed by atoms with Crippen LogP contribution in [0.4, 0.5) is 0 Å². The number of carbonyl (C=O) groups excluding carboxylic acids is 2. The average Bonchev–Trinajstić information content (AvgIpc) is 2.99. The van der Waals surface area contributed by atoms with Gasteiger partial charge < -0.3 is 16.0 Å². The number of hydrogen-bond acceptors (Lipinski definition) is 5. The average molecular weight is 308 g/mol. The molecule has 21 heavy (non-hydrogen) atoms. The predicted octanol–water partition coefficient (Wildman–Crippen LogP) is 1.05. The molecule has 3 rings (SSSR count). The van der Waals surface area contributed by atoms with Crippen molar-refractivity contribution >= 4 is 23.2 Å². The van der Waals surface area contributed by atoms with E-state index in [1.165, 1.54) is 11.3 Å². The third kappa shape index (κ3) is 3.08. The lowest BCUT2D eigenvalue weighted by Gasteiger charge is -2.23. The van der Waals surface area contributed by atoms with E-state index in [9.17, 15) is 9.59 Å². The maximum Gasteiger partial charge on any atom is 0.274 e. The van der Waals surface area contributed by atoms with Gasteiger partial charge in [0.25, 0.3) is 5.91 Å². The topological polar surface area (TPSA) is 88.3 Å². The molecule has 3 N–H and O–H groups in total. The fourth-order valence-corrected chi connectivity index (χ4v) is 3.30. The second-order valence-corrected chi connectivity index (χ2v) is 6.69. The van der Waals surface area contributed by atoms with E-state index in [0.29, 0.717) is 18.3 Å². The van der Waals surface area contributed by atoms with Gasteiger partial charge in [-0.25, -0.2) is 4.98 Å². The molecule has 0 radical (unpaired) electrons. The predicted molar refractivity (Wildman–Crippen MR) is 79.9 cm³/mol. The summed E-state index contributed by atoms with van der Waals surface area (Å²) >= 11 is 1.39. The van der Waals surface area contributed by atoms with E-state index in [-0.39, 0.29) is 23.9 Å². The van der Waals surface area contributed by atoms with E-state index >= 15 is 0 Å². The number of nitrogens with two attached hydrogens (primary N) is 1. The van der Waals surface area contributed by atoms with E-state index in [1.54, 1.807) is 10.3 Å². The van der Waals surface area contributed by atoms with Crippen LogP contribution in [-0.4, -0.2) is 40.3 Å². The highest BCUT2D eigenvalue weighted by atomic mass is 32.1. The Morgan fingerprint density at radius 3 is 2.86 bits per heavy atom. The molecule has 2 amide bonds. The summed E-state index contributed by atoms with van der Waals surface area (Å²) in [6, 6.07) is -0.207. The van der Waals surface area contributed by atoms with E-state index in [2.05, 4.69) is 10.3 Å². The molecule has 114 valence electrons. The highest BCUT2D eigenvalue weighted by Crippen LogP contribution is 2.24. The molecular formula is C14H20N4O2S. The lowest BCUT2D eigenvalue weighted by Crippen LogP contribution is -2.46. The van der Waals surface area contributed by atoms with Crippen LogP contribution in [0.3, 0.4) is 0 Å². The van der Waals surface area contributed by atoms with Gasteiger partial charge in [0, 0.05) is 18.0 Å². The molecule has 1 aliphatic carbocycles. The first-order valence-electron chi connectivity index (χ1n) is 7.38. The summed E-state index contributed by atoms with van der Waals surface area (Å²) in [5.41, 5.74) is 6.18. The van der Waals surface area contributed by atoms with Crippen LogP contribution < -0.4 is 11.1 Å². The molecule has 1 aromatic rings.